The van der Waals surface area contributed by atoms with Crippen LogP contribution in [-0.2, 0) is 10.0 Å². The van der Waals surface area contributed by atoms with Crippen molar-refractivity contribution in [1.29, 1.82) is 0 Å². The van der Waals surface area contributed by atoms with Gasteiger partial charge in [0, 0.05) is 24.2 Å². The van der Waals surface area contributed by atoms with E-state index in [9.17, 15) is 8.42 Å². The molecule has 1 saturated heterocycles. The van der Waals surface area contributed by atoms with Gasteiger partial charge < -0.3 is 5.32 Å². The van der Waals surface area contributed by atoms with Crippen molar-refractivity contribution in [3.8, 4) is 0 Å². The molecular weight excluding hydrogens is 319 g/mol. The third-order valence-corrected chi connectivity index (χ3v) is 6.04. The predicted molar refractivity (Wildman–Crippen MR) is 81.9 cm³/mol. The summed E-state index contributed by atoms with van der Waals surface area (Å²) in [5, 5.41) is 3.80. The molecular formula is C13H18Cl2N2O2S. The molecule has 1 aliphatic rings. The molecule has 112 valence electrons. The van der Waals surface area contributed by atoms with Crippen molar-refractivity contribution < 1.29 is 8.42 Å². The molecule has 1 aromatic rings. The molecule has 4 nitrogen and oxygen atoms in total. The van der Waals surface area contributed by atoms with Crippen LogP contribution < -0.4 is 5.32 Å². The van der Waals surface area contributed by atoms with Crippen molar-refractivity contribution in [3.05, 3.63) is 28.2 Å². The number of nitrogens with one attached hydrogen (secondary N) is 1. The fraction of sp³-hybridized carbons (Fsp3) is 0.538. The van der Waals surface area contributed by atoms with Crippen molar-refractivity contribution in [2.24, 2.45) is 0 Å². The Labute approximate surface area is 130 Å². The van der Waals surface area contributed by atoms with Crippen LogP contribution >= 0.6 is 23.2 Å². The van der Waals surface area contributed by atoms with E-state index in [4.69, 9.17) is 23.2 Å². The second-order valence-electron chi connectivity index (χ2n) is 4.84. The van der Waals surface area contributed by atoms with Gasteiger partial charge in [-0.2, -0.15) is 4.31 Å². The third-order valence-electron chi connectivity index (χ3n) is 3.37. The van der Waals surface area contributed by atoms with Crippen LogP contribution in [0.3, 0.4) is 0 Å². The number of hydrogen-bond acceptors (Lipinski definition) is 3. The van der Waals surface area contributed by atoms with Gasteiger partial charge in [-0.1, -0.05) is 30.1 Å². The first kappa shape index (κ1) is 16.0. The van der Waals surface area contributed by atoms with E-state index in [1.165, 1.54) is 12.1 Å². The Morgan fingerprint density at radius 2 is 2.15 bits per heavy atom. The minimum absolute atomic E-state index is 0.00769. The first-order valence-corrected chi connectivity index (χ1v) is 8.84. The smallest absolute Gasteiger partial charge is 0.244 e. The molecule has 0 aromatic heterocycles. The summed E-state index contributed by atoms with van der Waals surface area (Å²) < 4.78 is 27.2. The Balaban J connectivity index is 2.39. The maximum atomic E-state index is 12.8. The molecule has 1 aromatic carbocycles. The van der Waals surface area contributed by atoms with Crippen molar-refractivity contribution in [3.63, 3.8) is 0 Å². The molecule has 7 heteroatoms. The summed E-state index contributed by atoms with van der Waals surface area (Å²) in [4.78, 5) is 0.129. The fourth-order valence-electron chi connectivity index (χ4n) is 2.42. The lowest BCUT2D eigenvalue weighted by Crippen LogP contribution is -2.42. The van der Waals surface area contributed by atoms with Crippen LogP contribution in [0.5, 0.6) is 0 Å². The van der Waals surface area contributed by atoms with Crippen molar-refractivity contribution in [2.75, 3.05) is 19.6 Å². The van der Waals surface area contributed by atoms with Gasteiger partial charge in [0.25, 0.3) is 0 Å². The van der Waals surface area contributed by atoms with Crippen LogP contribution in [-0.4, -0.2) is 38.4 Å². The highest BCUT2D eigenvalue weighted by Gasteiger charge is 2.33. The molecule has 0 radical (unpaired) electrons. The highest BCUT2D eigenvalue weighted by molar-refractivity contribution is 7.89. The highest BCUT2D eigenvalue weighted by atomic mass is 35.5. The van der Waals surface area contributed by atoms with E-state index in [0.717, 1.165) is 19.4 Å². The number of nitrogens with zero attached hydrogens (tertiary/aromatic N) is 1. The lowest BCUT2D eigenvalue weighted by molar-refractivity contribution is 0.335. The van der Waals surface area contributed by atoms with Crippen LogP contribution in [0.25, 0.3) is 0 Å². The first-order valence-electron chi connectivity index (χ1n) is 6.64. The number of benzene rings is 1. The van der Waals surface area contributed by atoms with Crippen molar-refractivity contribution in [1.82, 2.24) is 9.62 Å². The molecule has 1 aliphatic heterocycles. The summed E-state index contributed by atoms with van der Waals surface area (Å²) in [6.45, 7) is 3.99. The third kappa shape index (κ3) is 3.28. The minimum Gasteiger partial charge on any atom is -0.315 e. The molecule has 0 amide bonds. The Bertz CT molecular complexity index is 572. The van der Waals surface area contributed by atoms with E-state index in [1.807, 2.05) is 6.92 Å². The van der Waals surface area contributed by atoms with Gasteiger partial charge in [-0.05, 0) is 37.6 Å². The summed E-state index contributed by atoms with van der Waals surface area (Å²) in [5.74, 6) is 0. The van der Waals surface area contributed by atoms with Crippen LogP contribution in [0.1, 0.15) is 19.8 Å². The molecule has 1 heterocycles. The van der Waals surface area contributed by atoms with Gasteiger partial charge in [-0.15, -0.1) is 0 Å². The summed E-state index contributed by atoms with van der Waals surface area (Å²) in [5.41, 5.74) is 0. The molecule has 20 heavy (non-hydrogen) atoms. The van der Waals surface area contributed by atoms with Crippen molar-refractivity contribution in [2.45, 2.75) is 30.7 Å². The van der Waals surface area contributed by atoms with E-state index < -0.39 is 10.0 Å². The van der Waals surface area contributed by atoms with E-state index in [-0.39, 0.29) is 16.0 Å². The molecule has 0 bridgehead atoms. The highest BCUT2D eigenvalue weighted by Crippen LogP contribution is 2.29. The van der Waals surface area contributed by atoms with Gasteiger partial charge in [0.1, 0.15) is 4.90 Å². The quantitative estimate of drug-likeness (QED) is 0.899. The topological polar surface area (TPSA) is 49.4 Å². The van der Waals surface area contributed by atoms with Gasteiger partial charge in [-0.25, -0.2) is 8.42 Å². The Morgan fingerprint density at radius 3 is 2.70 bits per heavy atom. The zero-order valence-corrected chi connectivity index (χ0v) is 13.6. The monoisotopic (exact) mass is 336 g/mol. The van der Waals surface area contributed by atoms with E-state index >= 15 is 0 Å². The van der Waals surface area contributed by atoms with E-state index in [2.05, 4.69) is 5.32 Å². The number of hydrogen-bond donors (Lipinski definition) is 1. The van der Waals surface area contributed by atoms with Crippen LogP contribution in [0, 0.1) is 0 Å². The van der Waals surface area contributed by atoms with Gasteiger partial charge >= 0.3 is 0 Å². The van der Waals surface area contributed by atoms with Gasteiger partial charge in [-0.3, -0.25) is 0 Å². The lowest BCUT2D eigenvalue weighted by Gasteiger charge is -2.27. The van der Waals surface area contributed by atoms with E-state index in [1.54, 1.807) is 10.4 Å². The summed E-state index contributed by atoms with van der Waals surface area (Å²) >= 11 is 11.9. The van der Waals surface area contributed by atoms with Crippen LogP contribution in [0.4, 0.5) is 0 Å². The van der Waals surface area contributed by atoms with Crippen LogP contribution in [0.2, 0.25) is 10.0 Å². The second-order valence-corrected chi connectivity index (χ2v) is 7.54. The maximum Gasteiger partial charge on any atom is 0.244 e. The van der Waals surface area contributed by atoms with Gasteiger partial charge in [0.15, 0.2) is 0 Å². The largest absolute Gasteiger partial charge is 0.315 e. The standard InChI is InChI=1S/C13H18Cl2N2O2S/c1-2-7-17(11-5-6-16-9-11)20(18,19)13-4-3-10(14)8-12(13)15/h3-4,8,11,16H,2,5-7,9H2,1H3. The average molecular weight is 337 g/mol. The zero-order chi connectivity index (χ0) is 14.8. The number of halogens is 2. The predicted octanol–water partition coefficient (Wildman–Crippen LogP) is 2.76. The lowest BCUT2D eigenvalue weighted by atomic mass is 10.2. The van der Waals surface area contributed by atoms with Gasteiger partial charge in [0.05, 0.1) is 5.02 Å². The summed E-state index contributed by atoms with van der Waals surface area (Å²) in [7, 11) is -3.59. The van der Waals surface area contributed by atoms with Gasteiger partial charge in [0.2, 0.25) is 10.0 Å². The molecule has 1 fully saturated rings. The molecule has 0 spiro atoms. The summed E-state index contributed by atoms with van der Waals surface area (Å²) in [6, 6.07) is 4.49. The molecule has 1 N–H and O–H groups in total. The first-order chi connectivity index (χ1) is 9.46. The SMILES string of the molecule is CCCN(C1CCNC1)S(=O)(=O)c1ccc(Cl)cc1Cl. The molecule has 1 atom stereocenters. The Hall–Kier alpha value is -0.330. The fourth-order valence-corrected chi connectivity index (χ4v) is 4.91. The van der Waals surface area contributed by atoms with Crippen LogP contribution in [0.15, 0.2) is 23.1 Å². The second kappa shape index (κ2) is 6.62. The normalized spacial score (nSPS) is 19.7. The zero-order valence-electron chi connectivity index (χ0n) is 11.3. The average Bonchev–Trinajstić information content (AvgIpc) is 2.88. The summed E-state index contributed by atoms with van der Waals surface area (Å²) in [6.07, 6.45) is 1.59. The molecule has 0 aliphatic carbocycles. The minimum atomic E-state index is -3.59. The van der Waals surface area contributed by atoms with E-state index in [0.29, 0.717) is 18.1 Å². The number of rotatable bonds is 5. The maximum absolute atomic E-state index is 12.8. The van der Waals surface area contributed by atoms with Crippen molar-refractivity contribution >= 4 is 33.2 Å². The Morgan fingerprint density at radius 1 is 1.40 bits per heavy atom. The molecule has 0 saturated carbocycles. The molecule has 1 unspecified atom stereocenters. The Kier molecular flexibility index (Phi) is 5.31. The number of sulfonamides is 1. The molecule has 2 rings (SSSR count).